The van der Waals surface area contributed by atoms with Gasteiger partial charge < -0.3 is 9.47 Å². The minimum atomic E-state index is -0.474. The molecule has 0 aliphatic carbocycles. The molecule has 1 aliphatic rings. The number of carbonyl (C=O) groups excluding carboxylic acids is 1. The number of hydrogen-bond acceptors (Lipinski definition) is 6. The molecule has 2 aromatic carbocycles. The molecular formula is C23H24N4O4. The minimum Gasteiger partial charge on any atom is -0.486 e. The second kappa shape index (κ2) is 8.99. The van der Waals surface area contributed by atoms with E-state index in [0.717, 1.165) is 18.4 Å². The molecule has 0 atom stereocenters. The summed E-state index contributed by atoms with van der Waals surface area (Å²) in [7, 11) is 0. The van der Waals surface area contributed by atoms with Crippen LogP contribution >= 0.6 is 0 Å². The molecule has 0 saturated heterocycles. The van der Waals surface area contributed by atoms with Gasteiger partial charge in [0.2, 0.25) is 0 Å². The van der Waals surface area contributed by atoms with Crippen LogP contribution in [0.1, 0.15) is 42.7 Å². The molecule has 1 N–H and O–H groups in total. The summed E-state index contributed by atoms with van der Waals surface area (Å²) in [6.07, 6.45) is 1.72. The molecule has 160 valence electrons. The molecule has 1 aliphatic heterocycles. The minimum absolute atomic E-state index is 0.171. The van der Waals surface area contributed by atoms with E-state index in [0.29, 0.717) is 47.7 Å². The Morgan fingerprint density at radius 2 is 1.87 bits per heavy atom. The fourth-order valence-corrected chi connectivity index (χ4v) is 3.38. The molecule has 0 saturated carbocycles. The van der Waals surface area contributed by atoms with E-state index in [9.17, 15) is 9.59 Å². The van der Waals surface area contributed by atoms with Crippen molar-refractivity contribution in [3.8, 4) is 11.5 Å². The summed E-state index contributed by atoms with van der Waals surface area (Å²) in [4.78, 5) is 25.6. The van der Waals surface area contributed by atoms with E-state index in [2.05, 4.69) is 15.6 Å². The lowest BCUT2D eigenvalue weighted by molar-refractivity contribution is 0.0949. The van der Waals surface area contributed by atoms with Gasteiger partial charge in [0, 0.05) is 17.5 Å². The molecule has 0 unspecified atom stereocenters. The van der Waals surface area contributed by atoms with Crippen LogP contribution in [0.15, 0.2) is 52.4 Å². The zero-order valence-electron chi connectivity index (χ0n) is 17.6. The number of unbranched alkanes of at least 4 members (excludes halogenated alkanes) is 1. The van der Waals surface area contributed by atoms with Crippen molar-refractivity contribution in [3.05, 3.63) is 64.1 Å². The van der Waals surface area contributed by atoms with Crippen LogP contribution in [0.5, 0.6) is 11.5 Å². The van der Waals surface area contributed by atoms with Gasteiger partial charge in [0.15, 0.2) is 17.2 Å². The Labute approximate surface area is 179 Å². The first-order chi connectivity index (χ1) is 15.1. The first-order valence-corrected chi connectivity index (χ1v) is 10.3. The lowest BCUT2D eigenvalue weighted by atomic mass is 10.1. The highest BCUT2D eigenvalue weighted by Crippen LogP contribution is 2.30. The molecule has 8 nitrogen and oxygen atoms in total. The van der Waals surface area contributed by atoms with E-state index < -0.39 is 5.91 Å². The molecule has 4 rings (SSSR count). The predicted molar refractivity (Wildman–Crippen MR) is 118 cm³/mol. The van der Waals surface area contributed by atoms with E-state index in [4.69, 9.17) is 9.47 Å². The topological polar surface area (TPSA) is 94.8 Å². The van der Waals surface area contributed by atoms with Crippen LogP contribution in [0.25, 0.3) is 10.8 Å². The summed E-state index contributed by atoms with van der Waals surface area (Å²) >= 11 is 0. The lowest BCUT2D eigenvalue weighted by Crippen LogP contribution is -2.29. The summed E-state index contributed by atoms with van der Waals surface area (Å²) in [5.74, 6) is 0.871. The maximum Gasteiger partial charge on any atom is 0.292 e. The van der Waals surface area contributed by atoms with E-state index in [1.165, 1.54) is 4.68 Å². The predicted octanol–water partition coefficient (Wildman–Crippen LogP) is 3.12. The van der Waals surface area contributed by atoms with Crippen molar-refractivity contribution in [1.29, 1.82) is 0 Å². The fourth-order valence-electron chi connectivity index (χ4n) is 3.38. The first kappa shape index (κ1) is 20.6. The van der Waals surface area contributed by atoms with Gasteiger partial charge in [-0.1, -0.05) is 31.5 Å². The van der Waals surface area contributed by atoms with Crippen molar-refractivity contribution in [1.82, 2.24) is 15.2 Å². The lowest BCUT2D eigenvalue weighted by Gasteiger charge is -2.18. The second-order valence-corrected chi connectivity index (χ2v) is 7.27. The third-order valence-electron chi connectivity index (χ3n) is 5.09. The van der Waals surface area contributed by atoms with Crippen LogP contribution in [0.4, 0.5) is 0 Å². The molecule has 0 spiro atoms. The summed E-state index contributed by atoms with van der Waals surface area (Å²) in [6, 6.07) is 12.5. The summed E-state index contributed by atoms with van der Waals surface area (Å²) in [6.45, 7) is 5.31. The maximum absolute atomic E-state index is 12.9. The number of hydrazone groups is 1. The summed E-state index contributed by atoms with van der Waals surface area (Å²) in [5.41, 5.74) is 3.95. The number of nitrogens with one attached hydrogen (secondary N) is 1. The number of benzene rings is 2. The number of amides is 1. The van der Waals surface area contributed by atoms with Gasteiger partial charge in [0.25, 0.3) is 11.5 Å². The van der Waals surface area contributed by atoms with Crippen LogP contribution in [-0.2, 0) is 6.54 Å². The Bertz CT molecular complexity index is 1220. The number of carbonyl (C=O) groups is 1. The molecule has 8 heteroatoms. The molecule has 0 radical (unpaired) electrons. The monoisotopic (exact) mass is 420 g/mol. The average molecular weight is 420 g/mol. The van der Waals surface area contributed by atoms with Gasteiger partial charge in [-0.05, 0) is 37.6 Å². The largest absolute Gasteiger partial charge is 0.486 e. The van der Waals surface area contributed by atoms with Crippen molar-refractivity contribution >= 4 is 22.4 Å². The maximum atomic E-state index is 12.9. The first-order valence-electron chi connectivity index (χ1n) is 10.3. The third-order valence-corrected chi connectivity index (χ3v) is 5.09. The van der Waals surface area contributed by atoms with E-state index in [1.807, 2.05) is 25.1 Å². The molecule has 1 amide bonds. The zero-order valence-corrected chi connectivity index (χ0v) is 17.6. The van der Waals surface area contributed by atoms with Crippen LogP contribution in [0.2, 0.25) is 0 Å². The van der Waals surface area contributed by atoms with Gasteiger partial charge in [0.1, 0.15) is 13.2 Å². The highest BCUT2D eigenvalue weighted by molar-refractivity contribution is 6.06. The van der Waals surface area contributed by atoms with Crippen LogP contribution in [0, 0.1) is 0 Å². The summed E-state index contributed by atoms with van der Waals surface area (Å²) in [5, 5.41) is 9.54. The van der Waals surface area contributed by atoms with Gasteiger partial charge in [-0.15, -0.1) is 0 Å². The number of fused-ring (bicyclic) bond motifs is 2. The molecule has 1 aromatic heterocycles. The van der Waals surface area contributed by atoms with Gasteiger partial charge >= 0.3 is 0 Å². The second-order valence-electron chi connectivity index (χ2n) is 7.27. The van der Waals surface area contributed by atoms with E-state index in [1.54, 1.807) is 31.2 Å². The molecule has 3 aromatic rings. The van der Waals surface area contributed by atoms with Crippen molar-refractivity contribution in [3.63, 3.8) is 0 Å². The number of aromatic nitrogens is 2. The smallest absolute Gasteiger partial charge is 0.292 e. The molecule has 31 heavy (non-hydrogen) atoms. The van der Waals surface area contributed by atoms with Gasteiger partial charge in [-0.3, -0.25) is 9.59 Å². The molecule has 0 bridgehead atoms. The van der Waals surface area contributed by atoms with Gasteiger partial charge in [0.05, 0.1) is 11.1 Å². The van der Waals surface area contributed by atoms with E-state index >= 15 is 0 Å². The molecule has 0 fully saturated rings. The Hall–Kier alpha value is -3.68. The zero-order chi connectivity index (χ0) is 21.8. The van der Waals surface area contributed by atoms with Crippen molar-refractivity contribution < 1.29 is 14.3 Å². The Morgan fingerprint density at radius 3 is 2.65 bits per heavy atom. The highest BCUT2D eigenvalue weighted by atomic mass is 16.6. The quantitative estimate of drug-likeness (QED) is 0.488. The van der Waals surface area contributed by atoms with Crippen LogP contribution in [-0.4, -0.2) is 34.6 Å². The number of hydrogen-bond donors (Lipinski definition) is 1. The van der Waals surface area contributed by atoms with Crippen LogP contribution < -0.4 is 20.5 Å². The average Bonchev–Trinajstić information content (AvgIpc) is 2.81. The third kappa shape index (κ3) is 4.28. The summed E-state index contributed by atoms with van der Waals surface area (Å²) < 4.78 is 12.5. The van der Waals surface area contributed by atoms with Crippen molar-refractivity contribution in [2.24, 2.45) is 5.10 Å². The number of rotatable bonds is 6. The molecular weight excluding hydrogens is 396 g/mol. The standard InChI is InChI=1S/C23H24N4O4/c1-3-4-11-27-23(29)18-8-6-5-7-17(18)21(26-27)22(28)25-24-15(2)16-9-10-19-20(14-16)31-13-12-30-19/h5-10,14H,3-4,11-13H2,1-2H3,(H,25,28)/b24-15+. The van der Waals surface area contributed by atoms with Gasteiger partial charge in [-0.25, -0.2) is 10.1 Å². The fraction of sp³-hybridized carbons (Fsp3) is 0.304. The SMILES string of the molecule is CCCCn1nc(C(=O)N/N=C(\C)c2ccc3c(c2)OCCO3)c2ccccc2c1=O. The normalized spacial score (nSPS) is 13.3. The Kier molecular flexibility index (Phi) is 5.97. The van der Waals surface area contributed by atoms with Gasteiger partial charge in [-0.2, -0.15) is 10.2 Å². The highest BCUT2D eigenvalue weighted by Gasteiger charge is 2.17. The van der Waals surface area contributed by atoms with Crippen molar-refractivity contribution in [2.45, 2.75) is 33.2 Å². The number of nitrogens with zero attached hydrogens (tertiary/aromatic N) is 3. The Balaban J connectivity index is 1.62. The van der Waals surface area contributed by atoms with E-state index in [-0.39, 0.29) is 11.3 Å². The van der Waals surface area contributed by atoms with Crippen LogP contribution in [0.3, 0.4) is 0 Å². The number of ether oxygens (including phenoxy) is 2. The number of aryl methyl sites for hydroxylation is 1. The van der Waals surface area contributed by atoms with Crippen molar-refractivity contribution in [2.75, 3.05) is 13.2 Å². The Morgan fingerprint density at radius 1 is 1.13 bits per heavy atom. The molecule has 2 heterocycles.